The summed E-state index contributed by atoms with van der Waals surface area (Å²) >= 11 is 0. The molecule has 1 aromatic rings. The molecular formula is C12H12F3NO3S. The van der Waals surface area contributed by atoms with E-state index in [1.807, 2.05) is 0 Å². The molecule has 1 heterocycles. The summed E-state index contributed by atoms with van der Waals surface area (Å²) in [5.74, 6) is -2.41. The first-order valence-electron chi connectivity index (χ1n) is 5.78. The molecule has 1 aromatic carbocycles. The van der Waals surface area contributed by atoms with Gasteiger partial charge in [-0.3, -0.25) is 4.79 Å². The number of sulfonamides is 1. The van der Waals surface area contributed by atoms with Crippen molar-refractivity contribution in [3.8, 4) is 0 Å². The van der Waals surface area contributed by atoms with E-state index < -0.39 is 34.1 Å². The predicted molar refractivity (Wildman–Crippen MR) is 64.2 cm³/mol. The summed E-state index contributed by atoms with van der Waals surface area (Å²) in [6.45, 7) is 2.79. The smallest absolute Gasteiger partial charge is 0.273 e. The zero-order valence-corrected chi connectivity index (χ0v) is 11.5. The molecule has 1 fully saturated rings. The topological polar surface area (TPSA) is 54.5 Å². The molecule has 20 heavy (non-hydrogen) atoms. The Labute approximate surface area is 114 Å². The van der Waals surface area contributed by atoms with Crippen LogP contribution >= 0.6 is 0 Å². The van der Waals surface area contributed by atoms with Crippen LogP contribution in [0.3, 0.4) is 0 Å². The number of carbonyl (C=O) groups is 1. The van der Waals surface area contributed by atoms with E-state index in [0.717, 1.165) is 12.5 Å². The van der Waals surface area contributed by atoms with E-state index in [-0.39, 0.29) is 9.20 Å². The fourth-order valence-corrected chi connectivity index (χ4v) is 3.81. The van der Waals surface area contributed by atoms with E-state index >= 15 is 0 Å². The minimum absolute atomic E-state index is 0.0671. The molecule has 110 valence electrons. The molecule has 1 aliphatic heterocycles. The normalized spacial score (nSPS) is 23.6. The number of benzene rings is 1. The first kappa shape index (κ1) is 14.8. The van der Waals surface area contributed by atoms with Gasteiger partial charge in [-0.05, 0) is 19.1 Å². The summed E-state index contributed by atoms with van der Waals surface area (Å²) in [4.78, 5) is 11.2. The number of alkyl halides is 3. The molecule has 0 aliphatic carbocycles. The lowest BCUT2D eigenvalue weighted by molar-refractivity contribution is -0.212. The second kappa shape index (κ2) is 4.47. The first-order valence-corrected chi connectivity index (χ1v) is 7.22. The highest BCUT2D eigenvalue weighted by atomic mass is 32.2. The summed E-state index contributed by atoms with van der Waals surface area (Å²) in [5, 5.41) is 0. The van der Waals surface area contributed by atoms with Gasteiger partial charge in [-0.25, -0.2) is 12.7 Å². The lowest BCUT2D eigenvalue weighted by Crippen LogP contribution is -2.67. The minimum Gasteiger partial charge on any atom is -0.273 e. The molecule has 0 N–H and O–H groups in total. The maximum absolute atomic E-state index is 12.8. The van der Waals surface area contributed by atoms with Crippen molar-refractivity contribution in [1.82, 2.24) is 4.31 Å². The van der Waals surface area contributed by atoms with Gasteiger partial charge in [0.2, 0.25) is 5.91 Å². The number of amides is 1. The van der Waals surface area contributed by atoms with Gasteiger partial charge >= 0.3 is 6.18 Å². The second-order valence-electron chi connectivity index (χ2n) is 4.73. The van der Waals surface area contributed by atoms with Gasteiger partial charge in [0, 0.05) is 0 Å². The van der Waals surface area contributed by atoms with Crippen LogP contribution in [0.2, 0.25) is 0 Å². The maximum Gasteiger partial charge on any atom is 0.410 e. The first-order chi connectivity index (χ1) is 9.06. The molecule has 2 unspecified atom stereocenters. The molecule has 0 bridgehead atoms. The van der Waals surface area contributed by atoms with Crippen molar-refractivity contribution in [2.75, 3.05) is 0 Å². The molecule has 0 saturated carbocycles. The molecule has 0 spiro atoms. The van der Waals surface area contributed by atoms with E-state index in [1.54, 1.807) is 6.92 Å². The highest BCUT2D eigenvalue weighted by Gasteiger charge is 2.63. The number of β-lactam (4-membered cyclic amide) rings is 1. The number of aryl methyl sites for hydroxylation is 1. The number of hydrogen-bond donors (Lipinski definition) is 0. The van der Waals surface area contributed by atoms with Crippen LogP contribution in [0.5, 0.6) is 0 Å². The molecule has 4 nitrogen and oxygen atoms in total. The Balaban J connectivity index is 2.44. The quantitative estimate of drug-likeness (QED) is 0.786. The fourth-order valence-electron chi connectivity index (χ4n) is 2.10. The van der Waals surface area contributed by atoms with Gasteiger partial charge in [-0.2, -0.15) is 13.2 Å². The molecular weight excluding hydrogens is 295 g/mol. The van der Waals surface area contributed by atoms with E-state index in [9.17, 15) is 26.4 Å². The van der Waals surface area contributed by atoms with Crippen molar-refractivity contribution in [3.05, 3.63) is 29.8 Å². The standard InChI is InChI=1S/C12H12F3NO3S/c1-7-3-5-9(6-4-7)20(18,19)16-10(12(13,14)15)8(2)11(16)17/h3-6,8,10H,1-2H3. The Bertz CT molecular complexity index is 637. The fraction of sp³-hybridized carbons (Fsp3) is 0.417. The van der Waals surface area contributed by atoms with Crippen LogP contribution in [0, 0.1) is 12.8 Å². The molecule has 2 rings (SSSR count). The largest absolute Gasteiger partial charge is 0.410 e. The summed E-state index contributed by atoms with van der Waals surface area (Å²) in [7, 11) is -4.47. The van der Waals surface area contributed by atoms with Gasteiger partial charge in [0.1, 0.15) is 0 Å². The van der Waals surface area contributed by atoms with Gasteiger partial charge in [-0.15, -0.1) is 0 Å². The molecule has 1 saturated heterocycles. The SMILES string of the molecule is Cc1ccc(S(=O)(=O)N2C(=O)C(C)C2C(F)(F)F)cc1. The average molecular weight is 307 g/mol. The summed E-state index contributed by atoms with van der Waals surface area (Å²) < 4.78 is 62.7. The highest BCUT2D eigenvalue weighted by molar-refractivity contribution is 7.89. The van der Waals surface area contributed by atoms with Crippen LogP contribution in [0.1, 0.15) is 12.5 Å². The molecule has 8 heteroatoms. The lowest BCUT2D eigenvalue weighted by Gasteiger charge is -2.44. The second-order valence-corrected chi connectivity index (χ2v) is 6.54. The molecule has 0 aromatic heterocycles. The van der Waals surface area contributed by atoms with E-state index in [4.69, 9.17) is 0 Å². The van der Waals surface area contributed by atoms with E-state index in [1.165, 1.54) is 24.3 Å². The zero-order chi connectivity index (χ0) is 15.3. The Morgan fingerprint density at radius 3 is 2.10 bits per heavy atom. The summed E-state index contributed by atoms with van der Waals surface area (Å²) in [6, 6.07) is 3.01. The van der Waals surface area contributed by atoms with Gasteiger partial charge < -0.3 is 0 Å². The van der Waals surface area contributed by atoms with Crippen molar-refractivity contribution in [2.45, 2.75) is 31.0 Å². The van der Waals surface area contributed by atoms with Crippen molar-refractivity contribution >= 4 is 15.9 Å². The minimum atomic E-state index is -4.77. The van der Waals surface area contributed by atoms with Crippen molar-refractivity contribution in [1.29, 1.82) is 0 Å². The van der Waals surface area contributed by atoms with Gasteiger partial charge in [0.25, 0.3) is 10.0 Å². The van der Waals surface area contributed by atoms with Crippen LogP contribution in [0.4, 0.5) is 13.2 Å². The summed E-state index contributed by atoms with van der Waals surface area (Å²) in [6.07, 6.45) is -4.77. The monoisotopic (exact) mass is 307 g/mol. The molecule has 1 aliphatic rings. The lowest BCUT2D eigenvalue weighted by atomic mass is 9.92. The Hall–Kier alpha value is -1.57. The van der Waals surface area contributed by atoms with Gasteiger partial charge in [0.15, 0.2) is 6.04 Å². The number of hydrogen-bond acceptors (Lipinski definition) is 3. The van der Waals surface area contributed by atoms with E-state index in [0.29, 0.717) is 0 Å². The molecule has 1 amide bonds. The Morgan fingerprint density at radius 2 is 1.65 bits per heavy atom. The molecule has 0 radical (unpaired) electrons. The molecule has 2 atom stereocenters. The van der Waals surface area contributed by atoms with E-state index in [2.05, 4.69) is 0 Å². The van der Waals surface area contributed by atoms with Crippen LogP contribution in [-0.2, 0) is 14.8 Å². The third kappa shape index (κ3) is 2.17. The maximum atomic E-state index is 12.8. The van der Waals surface area contributed by atoms with Crippen LogP contribution in [0.25, 0.3) is 0 Å². The third-order valence-electron chi connectivity index (χ3n) is 3.25. The number of rotatable bonds is 2. The third-order valence-corrected chi connectivity index (χ3v) is 5.04. The average Bonchev–Trinajstić information content (AvgIpc) is 2.33. The number of nitrogens with zero attached hydrogens (tertiary/aromatic N) is 1. The Kier molecular flexibility index (Phi) is 3.32. The highest BCUT2D eigenvalue weighted by Crippen LogP contribution is 2.42. The van der Waals surface area contributed by atoms with Crippen LogP contribution in [-0.4, -0.2) is 30.8 Å². The van der Waals surface area contributed by atoms with Crippen molar-refractivity contribution < 1.29 is 26.4 Å². The van der Waals surface area contributed by atoms with Gasteiger partial charge in [-0.1, -0.05) is 24.6 Å². The number of halogens is 3. The summed E-state index contributed by atoms with van der Waals surface area (Å²) in [5.41, 5.74) is 0.764. The van der Waals surface area contributed by atoms with Crippen molar-refractivity contribution in [3.63, 3.8) is 0 Å². The Morgan fingerprint density at radius 1 is 1.15 bits per heavy atom. The van der Waals surface area contributed by atoms with Gasteiger partial charge in [0.05, 0.1) is 10.8 Å². The van der Waals surface area contributed by atoms with Crippen LogP contribution < -0.4 is 0 Å². The number of carbonyl (C=O) groups excluding carboxylic acids is 1. The predicted octanol–water partition coefficient (Wildman–Crippen LogP) is 2.09. The van der Waals surface area contributed by atoms with Crippen LogP contribution in [0.15, 0.2) is 29.2 Å². The zero-order valence-electron chi connectivity index (χ0n) is 10.7. The van der Waals surface area contributed by atoms with Crippen molar-refractivity contribution in [2.24, 2.45) is 5.92 Å².